The third kappa shape index (κ3) is 3.56. The minimum atomic E-state index is -1.14. The second-order valence-corrected chi connectivity index (χ2v) is 5.73. The van der Waals surface area contributed by atoms with E-state index in [9.17, 15) is 18.4 Å². The van der Waals surface area contributed by atoms with E-state index in [1.165, 1.54) is 12.1 Å². The molecule has 0 fully saturated rings. The Morgan fingerprint density at radius 2 is 1.54 bits per heavy atom. The van der Waals surface area contributed by atoms with Crippen LogP contribution in [0.1, 0.15) is 32.1 Å². The number of benzene rings is 2. The highest BCUT2D eigenvalue weighted by atomic mass is 19.2. The highest BCUT2D eigenvalue weighted by Gasteiger charge is 2.15. The van der Waals surface area contributed by atoms with Gasteiger partial charge in [0.1, 0.15) is 0 Å². The van der Waals surface area contributed by atoms with Gasteiger partial charge in [0.05, 0.1) is 28.0 Å². The van der Waals surface area contributed by atoms with Crippen molar-refractivity contribution in [2.24, 2.45) is 0 Å². The second kappa shape index (κ2) is 6.95. The summed E-state index contributed by atoms with van der Waals surface area (Å²) in [6.45, 7) is 3.07. The summed E-state index contributed by atoms with van der Waals surface area (Å²) in [5.74, 6) is -3.55. The van der Waals surface area contributed by atoms with Crippen LogP contribution in [0.15, 0.2) is 36.4 Å². The summed E-state index contributed by atoms with van der Waals surface area (Å²) in [5, 5.41) is 0. The molecule has 7 heteroatoms. The molecule has 0 aliphatic heterocycles. The number of halogens is 2. The van der Waals surface area contributed by atoms with Crippen LogP contribution >= 0.6 is 0 Å². The molecule has 0 spiro atoms. The van der Waals surface area contributed by atoms with Crippen LogP contribution in [0.2, 0.25) is 0 Å². The summed E-state index contributed by atoms with van der Waals surface area (Å²) in [5.41, 5.74) is 2.86. The van der Waals surface area contributed by atoms with E-state index in [1.807, 2.05) is 13.8 Å². The van der Waals surface area contributed by atoms with E-state index in [4.69, 9.17) is 4.74 Å². The maximum atomic E-state index is 13.2. The quantitative estimate of drug-likeness (QED) is 0.528. The molecular formula is C19H14F2N2O3. The molecule has 3 aromatic rings. The molecule has 0 aliphatic rings. The second-order valence-electron chi connectivity index (χ2n) is 5.73. The first-order valence-electron chi connectivity index (χ1n) is 7.75. The van der Waals surface area contributed by atoms with Gasteiger partial charge in [0.15, 0.2) is 24.0 Å². The molecule has 0 bridgehead atoms. The topological polar surface area (TPSA) is 69.2 Å². The summed E-state index contributed by atoms with van der Waals surface area (Å²) in [6.07, 6.45) is 0. The fourth-order valence-corrected chi connectivity index (χ4v) is 2.32. The number of ether oxygens (including phenoxy) is 1. The number of Topliss-reactive ketones (excluding diaryl/α,β-unsaturated/α-hetero) is 1. The zero-order valence-electron chi connectivity index (χ0n) is 14.0. The molecule has 0 N–H and O–H groups in total. The van der Waals surface area contributed by atoms with Crippen molar-refractivity contribution in [2.45, 2.75) is 13.8 Å². The number of hydrogen-bond donors (Lipinski definition) is 0. The lowest BCUT2D eigenvalue weighted by molar-refractivity contribution is 0.0475. The molecular weight excluding hydrogens is 342 g/mol. The number of carbonyl (C=O) groups is 2. The largest absolute Gasteiger partial charge is 0.454 e. The number of hydrogen-bond acceptors (Lipinski definition) is 5. The molecule has 26 heavy (non-hydrogen) atoms. The maximum absolute atomic E-state index is 13.2. The van der Waals surface area contributed by atoms with E-state index in [1.54, 1.807) is 6.07 Å². The van der Waals surface area contributed by atoms with Crippen molar-refractivity contribution < 1.29 is 23.1 Å². The molecule has 0 saturated carbocycles. The fourth-order valence-electron chi connectivity index (χ4n) is 2.32. The number of rotatable bonds is 4. The van der Waals surface area contributed by atoms with E-state index in [-0.39, 0.29) is 11.1 Å². The first kappa shape index (κ1) is 17.6. The van der Waals surface area contributed by atoms with Crippen molar-refractivity contribution >= 4 is 22.8 Å². The maximum Gasteiger partial charge on any atom is 0.338 e. The third-order valence-electron chi connectivity index (χ3n) is 3.89. The predicted molar refractivity (Wildman–Crippen MR) is 90.0 cm³/mol. The number of fused-ring (bicyclic) bond motifs is 1. The van der Waals surface area contributed by atoms with Gasteiger partial charge >= 0.3 is 5.97 Å². The SMILES string of the molecule is Cc1nc2ccc(C(=O)OCC(=O)c3ccc(F)c(F)c3)cc2nc1C. The lowest BCUT2D eigenvalue weighted by Gasteiger charge is -2.07. The zero-order chi connectivity index (χ0) is 18.8. The predicted octanol–water partition coefficient (Wildman–Crippen LogP) is 3.56. The zero-order valence-corrected chi connectivity index (χ0v) is 14.0. The van der Waals surface area contributed by atoms with Crippen LogP contribution < -0.4 is 0 Å². The molecule has 1 heterocycles. The van der Waals surface area contributed by atoms with Gasteiger partial charge in [0.25, 0.3) is 0 Å². The Balaban J connectivity index is 1.73. The molecule has 0 aliphatic carbocycles. The Bertz CT molecular complexity index is 1030. The number of aryl methyl sites for hydroxylation is 2. The van der Waals surface area contributed by atoms with Crippen LogP contribution in [0.4, 0.5) is 8.78 Å². The Labute approximate surface area is 147 Å². The van der Waals surface area contributed by atoms with E-state index in [0.717, 1.165) is 29.6 Å². The fraction of sp³-hybridized carbons (Fsp3) is 0.158. The van der Waals surface area contributed by atoms with Gasteiger partial charge in [-0.1, -0.05) is 0 Å². The van der Waals surface area contributed by atoms with Crippen molar-refractivity contribution in [3.05, 3.63) is 70.5 Å². The van der Waals surface area contributed by atoms with Gasteiger partial charge < -0.3 is 4.74 Å². The molecule has 0 radical (unpaired) electrons. The van der Waals surface area contributed by atoms with Gasteiger partial charge in [0, 0.05) is 5.56 Å². The molecule has 0 saturated heterocycles. The smallest absolute Gasteiger partial charge is 0.338 e. The van der Waals surface area contributed by atoms with Crippen LogP contribution in [0.3, 0.4) is 0 Å². The van der Waals surface area contributed by atoms with Crippen LogP contribution in [-0.2, 0) is 4.74 Å². The van der Waals surface area contributed by atoms with Crippen molar-refractivity contribution in [2.75, 3.05) is 6.61 Å². The van der Waals surface area contributed by atoms with Gasteiger partial charge in [-0.3, -0.25) is 4.79 Å². The van der Waals surface area contributed by atoms with E-state index in [0.29, 0.717) is 11.0 Å². The first-order chi connectivity index (χ1) is 12.3. The molecule has 3 rings (SSSR count). The van der Waals surface area contributed by atoms with Crippen molar-refractivity contribution in [3.8, 4) is 0 Å². The number of carbonyl (C=O) groups excluding carboxylic acids is 2. The minimum absolute atomic E-state index is 0.0767. The average Bonchev–Trinajstić information content (AvgIpc) is 2.62. The van der Waals surface area contributed by atoms with E-state index >= 15 is 0 Å². The third-order valence-corrected chi connectivity index (χ3v) is 3.89. The summed E-state index contributed by atoms with van der Waals surface area (Å²) in [4.78, 5) is 32.8. The molecule has 0 atom stereocenters. The number of ketones is 1. The van der Waals surface area contributed by atoms with Crippen LogP contribution in [0.5, 0.6) is 0 Å². The highest BCUT2D eigenvalue weighted by Crippen LogP contribution is 2.15. The van der Waals surface area contributed by atoms with Crippen LogP contribution in [0.25, 0.3) is 11.0 Å². The Kier molecular flexibility index (Phi) is 4.71. The van der Waals surface area contributed by atoms with E-state index in [2.05, 4.69) is 9.97 Å². The number of aromatic nitrogens is 2. The van der Waals surface area contributed by atoms with Gasteiger partial charge in [-0.05, 0) is 50.2 Å². The van der Waals surface area contributed by atoms with Gasteiger partial charge in [-0.2, -0.15) is 0 Å². The summed E-state index contributed by atoms with van der Waals surface area (Å²) in [6, 6.07) is 7.43. The normalized spacial score (nSPS) is 10.8. The highest BCUT2D eigenvalue weighted by molar-refractivity contribution is 6.00. The Morgan fingerprint density at radius 3 is 2.23 bits per heavy atom. The first-order valence-corrected chi connectivity index (χ1v) is 7.75. The lowest BCUT2D eigenvalue weighted by atomic mass is 10.1. The minimum Gasteiger partial charge on any atom is -0.454 e. The molecule has 132 valence electrons. The van der Waals surface area contributed by atoms with Gasteiger partial charge in [-0.15, -0.1) is 0 Å². The van der Waals surface area contributed by atoms with E-state index < -0.39 is 30.0 Å². The van der Waals surface area contributed by atoms with Gasteiger partial charge in [-0.25, -0.2) is 23.5 Å². The molecule has 5 nitrogen and oxygen atoms in total. The molecule has 0 unspecified atom stereocenters. The number of esters is 1. The van der Waals surface area contributed by atoms with Crippen LogP contribution in [-0.4, -0.2) is 28.3 Å². The average molecular weight is 356 g/mol. The summed E-state index contributed by atoms with van der Waals surface area (Å²) >= 11 is 0. The van der Waals surface area contributed by atoms with Crippen molar-refractivity contribution in [3.63, 3.8) is 0 Å². The van der Waals surface area contributed by atoms with Crippen LogP contribution in [0, 0.1) is 25.5 Å². The standard InChI is InChI=1S/C19H14F2N2O3/c1-10-11(2)23-17-8-13(4-6-16(17)22-10)19(25)26-9-18(24)12-3-5-14(20)15(21)7-12/h3-8H,9H2,1-2H3. The molecule has 1 aromatic heterocycles. The Morgan fingerprint density at radius 1 is 0.885 bits per heavy atom. The molecule has 0 amide bonds. The lowest BCUT2D eigenvalue weighted by Crippen LogP contribution is -2.14. The number of nitrogens with zero attached hydrogens (tertiary/aromatic N) is 2. The van der Waals surface area contributed by atoms with Crippen molar-refractivity contribution in [1.82, 2.24) is 9.97 Å². The monoisotopic (exact) mass is 356 g/mol. The van der Waals surface area contributed by atoms with Crippen molar-refractivity contribution in [1.29, 1.82) is 0 Å². The Hall–Kier alpha value is -3.22. The molecule has 2 aromatic carbocycles. The summed E-state index contributed by atoms with van der Waals surface area (Å²) in [7, 11) is 0. The summed E-state index contributed by atoms with van der Waals surface area (Å²) < 4.78 is 31.0. The van der Waals surface area contributed by atoms with Gasteiger partial charge in [0.2, 0.25) is 0 Å².